The van der Waals surface area contributed by atoms with E-state index in [0.717, 1.165) is 22.6 Å². The summed E-state index contributed by atoms with van der Waals surface area (Å²) in [6, 6.07) is 12.8. The zero-order chi connectivity index (χ0) is 13.8. The van der Waals surface area contributed by atoms with Crippen LogP contribution in [0.2, 0.25) is 5.02 Å². The van der Waals surface area contributed by atoms with Crippen LogP contribution in [0.25, 0.3) is 0 Å². The van der Waals surface area contributed by atoms with E-state index >= 15 is 0 Å². The zero-order valence-electron chi connectivity index (χ0n) is 11.1. The molecule has 0 heterocycles. The molecular weight excluding hydrogens is 261 g/mol. The van der Waals surface area contributed by atoms with Crippen LogP contribution >= 0.6 is 11.6 Å². The molecule has 0 amide bonds. The van der Waals surface area contributed by atoms with Crippen molar-refractivity contribution in [2.45, 2.75) is 19.4 Å². The molecule has 1 unspecified atom stereocenters. The first-order valence-electron chi connectivity index (χ1n) is 6.28. The Balaban J connectivity index is 2.24. The summed E-state index contributed by atoms with van der Waals surface area (Å²) in [6.07, 6.45) is 0.804. The summed E-state index contributed by atoms with van der Waals surface area (Å²) in [5.41, 5.74) is 3.26. The largest absolute Gasteiger partial charge is 0.313 e. The number of nitrogens with one attached hydrogen (secondary N) is 1. The summed E-state index contributed by atoms with van der Waals surface area (Å²) in [4.78, 5) is 0. The van der Waals surface area contributed by atoms with Crippen molar-refractivity contribution < 1.29 is 4.39 Å². The van der Waals surface area contributed by atoms with Crippen molar-refractivity contribution in [2.24, 2.45) is 0 Å². The van der Waals surface area contributed by atoms with Gasteiger partial charge < -0.3 is 5.32 Å². The molecule has 1 atom stereocenters. The highest BCUT2D eigenvalue weighted by Gasteiger charge is 2.13. The van der Waals surface area contributed by atoms with Crippen LogP contribution in [0.1, 0.15) is 22.7 Å². The number of benzene rings is 2. The molecule has 2 rings (SSSR count). The Kier molecular flexibility index (Phi) is 4.56. The lowest BCUT2D eigenvalue weighted by molar-refractivity contribution is 0.574. The van der Waals surface area contributed by atoms with Crippen molar-refractivity contribution in [3.63, 3.8) is 0 Å². The minimum atomic E-state index is -0.197. The quantitative estimate of drug-likeness (QED) is 0.879. The molecule has 0 fully saturated rings. The van der Waals surface area contributed by atoms with E-state index in [9.17, 15) is 4.39 Å². The number of halogens is 2. The lowest BCUT2D eigenvalue weighted by Gasteiger charge is -2.19. The van der Waals surface area contributed by atoms with Crippen molar-refractivity contribution in [1.29, 1.82) is 0 Å². The van der Waals surface area contributed by atoms with Crippen LogP contribution in [0.3, 0.4) is 0 Å². The first kappa shape index (κ1) is 14.0. The third kappa shape index (κ3) is 3.55. The topological polar surface area (TPSA) is 12.0 Å². The maximum absolute atomic E-state index is 13.4. The van der Waals surface area contributed by atoms with Crippen LogP contribution in [0.5, 0.6) is 0 Å². The SMILES string of the molecule is CNC(Cc1ccc(Cl)cc1)c1cc(F)ccc1C. The standard InChI is InChI=1S/C16H17ClFN/c1-11-3-8-14(18)10-15(11)16(19-2)9-12-4-6-13(17)7-5-12/h3-8,10,16,19H,9H2,1-2H3. The minimum absolute atomic E-state index is 0.0943. The van der Waals surface area contributed by atoms with Gasteiger partial charge in [-0.15, -0.1) is 0 Å². The minimum Gasteiger partial charge on any atom is -0.313 e. The van der Waals surface area contributed by atoms with Gasteiger partial charge in [0, 0.05) is 11.1 Å². The molecule has 3 heteroatoms. The number of likely N-dealkylation sites (N-methyl/N-ethyl adjacent to an activating group) is 1. The zero-order valence-corrected chi connectivity index (χ0v) is 11.8. The van der Waals surface area contributed by atoms with E-state index in [1.54, 1.807) is 6.07 Å². The average Bonchev–Trinajstić information content (AvgIpc) is 2.41. The van der Waals surface area contributed by atoms with Crippen LogP contribution < -0.4 is 5.32 Å². The van der Waals surface area contributed by atoms with E-state index in [1.165, 1.54) is 11.6 Å². The Morgan fingerprint density at radius 2 is 1.84 bits per heavy atom. The molecular formula is C16H17ClFN. The number of hydrogen-bond donors (Lipinski definition) is 1. The lowest BCUT2D eigenvalue weighted by Crippen LogP contribution is -2.20. The molecule has 0 radical (unpaired) electrons. The van der Waals surface area contributed by atoms with Gasteiger partial charge in [0.15, 0.2) is 0 Å². The van der Waals surface area contributed by atoms with E-state index in [-0.39, 0.29) is 11.9 Å². The van der Waals surface area contributed by atoms with Gasteiger partial charge in [0.1, 0.15) is 5.82 Å². The smallest absolute Gasteiger partial charge is 0.123 e. The Hall–Kier alpha value is -1.38. The summed E-state index contributed by atoms with van der Waals surface area (Å²) in [7, 11) is 1.89. The number of rotatable bonds is 4. The Bertz CT molecular complexity index is 551. The molecule has 1 nitrogen and oxygen atoms in total. The van der Waals surface area contributed by atoms with Crippen LogP contribution in [0.15, 0.2) is 42.5 Å². The van der Waals surface area contributed by atoms with Crippen LogP contribution in [0.4, 0.5) is 4.39 Å². The third-order valence-corrected chi connectivity index (χ3v) is 3.57. The summed E-state index contributed by atoms with van der Waals surface area (Å²) in [5, 5.41) is 3.98. The van der Waals surface area contributed by atoms with E-state index < -0.39 is 0 Å². The van der Waals surface area contributed by atoms with Gasteiger partial charge in [0.05, 0.1) is 0 Å². The highest BCUT2D eigenvalue weighted by Crippen LogP contribution is 2.23. The second-order valence-corrected chi connectivity index (χ2v) is 5.11. The average molecular weight is 278 g/mol. The van der Waals surface area contributed by atoms with Gasteiger partial charge in [-0.05, 0) is 61.3 Å². The molecule has 0 aliphatic carbocycles. The molecule has 0 saturated carbocycles. The second kappa shape index (κ2) is 6.18. The van der Waals surface area contributed by atoms with Crippen molar-refractivity contribution in [3.05, 3.63) is 70.0 Å². The maximum atomic E-state index is 13.4. The Morgan fingerprint density at radius 3 is 2.47 bits per heavy atom. The molecule has 0 aliphatic rings. The molecule has 100 valence electrons. The van der Waals surface area contributed by atoms with Crippen LogP contribution in [-0.2, 0) is 6.42 Å². The molecule has 0 aromatic heterocycles. The highest BCUT2D eigenvalue weighted by atomic mass is 35.5. The number of hydrogen-bond acceptors (Lipinski definition) is 1. The molecule has 0 saturated heterocycles. The summed E-state index contributed by atoms with van der Waals surface area (Å²) in [5.74, 6) is -0.197. The lowest BCUT2D eigenvalue weighted by atomic mass is 9.95. The van der Waals surface area contributed by atoms with E-state index in [0.29, 0.717) is 0 Å². The molecule has 19 heavy (non-hydrogen) atoms. The van der Waals surface area contributed by atoms with Crippen molar-refractivity contribution in [1.82, 2.24) is 5.32 Å². The normalized spacial score (nSPS) is 12.4. The predicted molar refractivity (Wildman–Crippen MR) is 78.1 cm³/mol. The summed E-state index contributed by atoms with van der Waals surface area (Å²) in [6.45, 7) is 2.00. The van der Waals surface area contributed by atoms with E-state index in [2.05, 4.69) is 5.32 Å². The second-order valence-electron chi connectivity index (χ2n) is 4.67. The number of aryl methyl sites for hydroxylation is 1. The predicted octanol–water partition coefficient (Wildman–Crippen LogP) is 4.29. The molecule has 0 bridgehead atoms. The molecule has 0 aliphatic heterocycles. The summed E-state index contributed by atoms with van der Waals surface area (Å²) >= 11 is 5.88. The monoisotopic (exact) mass is 277 g/mol. The highest BCUT2D eigenvalue weighted by molar-refractivity contribution is 6.30. The van der Waals surface area contributed by atoms with Crippen molar-refractivity contribution in [3.8, 4) is 0 Å². The molecule has 0 spiro atoms. The van der Waals surface area contributed by atoms with Crippen LogP contribution in [-0.4, -0.2) is 7.05 Å². The van der Waals surface area contributed by atoms with Gasteiger partial charge >= 0.3 is 0 Å². The van der Waals surface area contributed by atoms with Gasteiger partial charge in [-0.25, -0.2) is 4.39 Å². The van der Waals surface area contributed by atoms with E-state index in [1.807, 2.05) is 44.3 Å². The maximum Gasteiger partial charge on any atom is 0.123 e. The molecule has 2 aromatic carbocycles. The van der Waals surface area contributed by atoms with Gasteiger partial charge in [-0.3, -0.25) is 0 Å². The van der Waals surface area contributed by atoms with Crippen molar-refractivity contribution in [2.75, 3.05) is 7.05 Å². The molecule has 2 aromatic rings. The first-order valence-corrected chi connectivity index (χ1v) is 6.65. The van der Waals surface area contributed by atoms with Crippen LogP contribution in [0, 0.1) is 12.7 Å². The Labute approximate surface area is 118 Å². The fourth-order valence-corrected chi connectivity index (χ4v) is 2.34. The fraction of sp³-hybridized carbons (Fsp3) is 0.250. The van der Waals surface area contributed by atoms with Gasteiger partial charge in [0.2, 0.25) is 0 Å². The fourth-order valence-electron chi connectivity index (χ4n) is 2.21. The van der Waals surface area contributed by atoms with Gasteiger partial charge in [0.25, 0.3) is 0 Å². The molecule has 1 N–H and O–H groups in total. The summed E-state index contributed by atoms with van der Waals surface area (Å²) < 4.78 is 13.4. The van der Waals surface area contributed by atoms with Gasteiger partial charge in [-0.2, -0.15) is 0 Å². The van der Waals surface area contributed by atoms with Gasteiger partial charge in [-0.1, -0.05) is 29.8 Å². The first-order chi connectivity index (χ1) is 9.10. The van der Waals surface area contributed by atoms with Crippen molar-refractivity contribution >= 4 is 11.6 Å². The Morgan fingerprint density at radius 1 is 1.16 bits per heavy atom. The van der Waals surface area contributed by atoms with E-state index in [4.69, 9.17) is 11.6 Å². The third-order valence-electron chi connectivity index (χ3n) is 3.32.